The van der Waals surface area contributed by atoms with E-state index in [0.29, 0.717) is 11.4 Å². The summed E-state index contributed by atoms with van der Waals surface area (Å²) in [6, 6.07) is 14.8. The van der Waals surface area contributed by atoms with E-state index in [-0.39, 0.29) is 6.17 Å². The molecule has 0 heterocycles. The molecule has 2 unspecified atom stereocenters. The Morgan fingerprint density at radius 1 is 0.769 bits per heavy atom. The Morgan fingerprint density at radius 2 is 1.12 bits per heavy atom. The van der Waals surface area contributed by atoms with Gasteiger partial charge in [-0.2, -0.15) is 0 Å². The highest BCUT2D eigenvalue weighted by atomic mass is 16.3. The molecule has 6 nitrogen and oxygen atoms in total. The minimum absolute atomic E-state index is 0.243. The van der Waals surface area contributed by atoms with Crippen LogP contribution in [-0.2, 0) is 0 Å². The lowest BCUT2D eigenvalue weighted by Gasteiger charge is -2.45. The van der Waals surface area contributed by atoms with Crippen LogP contribution in [0.1, 0.15) is 33.6 Å². The van der Waals surface area contributed by atoms with E-state index in [0.717, 1.165) is 24.2 Å². The predicted molar refractivity (Wildman–Crippen MR) is 109 cm³/mol. The van der Waals surface area contributed by atoms with Gasteiger partial charge in [0.05, 0.1) is 0 Å². The Hall–Kier alpha value is -2.44. The third-order valence-electron chi connectivity index (χ3n) is 4.38. The number of aliphatic hydroxyl groups excluding tert-OH is 2. The van der Waals surface area contributed by atoms with Gasteiger partial charge in [0, 0.05) is 22.7 Å². The number of anilines is 4. The number of hydrogen-bond donors (Lipinski definition) is 4. The number of benzene rings is 2. The van der Waals surface area contributed by atoms with Crippen molar-refractivity contribution in [2.45, 2.75) is 52.2 Å². The number of rotatable bonds is 8. The normalized spacial score (nSPS) is 14.5. The van der Waals surface area contributed by atoms with E-state index < -0.39 is 12.5 Å². The summed E-state index contributed by atoms with van der Waals surface area (Å²) in [6.07, 6.45) is -0.0892. The van der Waals surface area contributed by atoms with Crippen LogP contribution in [0, 0.1) is 0 Å². The summed E-state index contributed by atoms with van der Waals surface area (Å²) in [7, 11) is 0. The van der Waals surface area contributed by atoms with Crippen LogP contribution in [0.15, 0.2) is 48.5 Å². The molecule has 0 saturated carbocycles. The number of nitrogen functional groups attached to an aromatic ring is 2. The highest BCUT2D eigenvalue weighted by Crippen LogP contribution is 2.30. The van der Waals surface area contributed by atoms with Crippen molar-refractivity contribution in [1.82, 2.24) is 0 Å². The van der Waals surface area contributed by atoms with Crippen LogP contribution in [-0.4, -0.2) is 28.8 Å². The van der Waals surface area contributed by atoms with E-state index in [1.165, 1.54) is 0 Å². The van der Waals surface area contributed by atoms with Gasteiger partial charge in [0.15, 0.2) is 0 Å². The molecule has 0 spiro atoms. The minimum atomic E-state index is -0.745. The first-order chi connectivity index (χ1) is 12.3. The van der Waals surface area contributed by atoms with Gasteiger partial charge in [-0.3, -0.25) is 0 Å². The first kappa shape index (κ1) is 19.9. The molecule has 0 fully saturated rings. The molecule has 26 heavy (non-hydrogen) atoms. The molecule has 0 bridgehead atoms. The first-order valence-electron chi connectivity index (χ1n) is 8.99. The molecule has 2 aromatic carbocycles. The molecule has 0 aliphatic heterocycles. The molecule has 0 aliphatic rings. The van der Waals surface area contributed by atoms with Gasteiger partial charge in [-0.15, -0.1) is 0 Å². The van der Waals surface area contributed by atoms with Crippen LogP contribution in [0.4, 0.5) is 22.7 Å². The van der Waals surface area contributed by atoms with Crippen molar-refractivity contribution in [2.75, 3.05) is 21.3 Å². The summed E-state index contributed by atoms with van der Waals surface area (Å²) >= 11 is 0. The molecule has 0 amide bonds. The first-order valence-corrected chi connectivity index (χ1v) is 8.99. The summed E-state index contributed by atoms with van der Waals surface area (Å²) < 4.78 is 0. The number of nitrogens with zero attached hydrogens (tertiary/aromatic N) is 2. The molecule has 0 aromatic heterocycles. The number of nitrogens with two attached hydrogens (primary N) is 2. The predicted octanol–water partition coefficient (Wildman–Crippen LogP) is 2.97. The van der Waals surface area contributed by atoms with E-state index in [1.807, 2.05) is 58.3 Å². The van der Waals surface area contributed by atoms with Crippen molar-refractivity contribution in [3.05, 3.63) is 48.5 Å². The number of hydrogen-bond acceptors (Lipinski definition) is 6. The van der Waals surface area contributed by atoms with Crippen molar-refractivity contribution in [1.29, 1.82) is 0 Å². The lowest BCUT2D eigenvalue weighted by Crippen LogP contribution is -2.55. The van der Waals surface area contributed by atoms with Crippen molar-refractivity contribution in [3.63, 3.8) is 0 Å². The zero-order valence-electron chi connectivity index (χ0n) is 15.7. The second kappa shape index (κ2) is 8.78. The van der Waals surface area contributed by atoms with Gasteiger partial charge >= 0.3 is 0 Å². The van der Waals surface area contributed by atoms with E-state index in [1.54, 1.807) is 13.8 Å². The Bertz CT molecular complexity index is 614. The molecule has 6 N–H and O–H groups in total. The second-order valence-corrected chi connectivity index (χ2v) is 6.53. The Kier molecular flexibility index (Phi) is 6.71. The van der Waals surface area contributed by atoms with E-state index in [9.17, 15) is 10.2 Å². The van der Waals surface area contributed by atoms with E-state index in [2.05, 4.69) is 6.92 Å². The monoisotopic (exact) mass is 358 g/mol. The maximum Gasteiger partial charge on any atom is 0.125 e. The van der Waals surface area contributed by atoms with Crippen LogP contribution >= 0.6 is 0 Å². The van der Waals surface area contributed by atoms with Crippen LogP contribution in [0.3, 0.4) is 0 Å². The quantitative estimate of drug-likeness (QED) is 0.428. The molecule has 0 saturated heterocycles. The minimum Gasteiger partial charge on any atom is -0.399 e. The Balaban J connectivity index is 2.49. The van der Waals surface area contributed by atoms with Crippen LogP contribution in [0.25, 0.3) is 0 Å². The van der Waals surface area contributed by atoms with E-state index >= 15 is 0 Å². The fourth-order valence-electron chi connectivity index (χ4n) is 3.24. The van der Waals surface area contributed by atoms with Gasteiger partial charge in [0.2, 0.25) is 0 Å². The summed E-state index contributed by atoms with van der Waals surface area (Å²) in [5.41, 5.74) is 14.6. The molecule has 6 heteroatoms. The Labute approximate surface area is 155 Å². The highest BCUT2D eigenvalue weighted by Gasteiger charge is 2.30. The average Bonchev–Trinajstić information content (AvgIpc) is 2.58. The third-order valence-corrected chi connectivity index (χ3v) is 4.38. The molecule has 2 aromatic rings. The molecular weight excluding hydrogens is 328 g/mol. The fraction of sp³-hybridized carbons (Fsp3) is 0.400. The zero-order chi connectivity index (χ0) is 19.3. The van der Waals surface area contributed by atoms with Gasteiger partial charge in [0.25, 0.3) is 0 Å². The molecule has 0 radical (unpaired) electrons. The number of aliphatic hydroxyl groups is 2. The topological polar surface area (TPSA) is 99.0 Å². The van der Waals surface area contributed by atoms with Gasteiger partial charge in [0.1, 0.15) is 18.6 Å². The zero-order valence-corrected chi connectivity index (χ0v) is 15.7. The molecule has 142 valence electrons. The summed E-state index contributed by atoms with van der Waals surface area (Å²) in [5, 5.41) is 21.0. The van der Waals surface area contributed by atoms with Gasteiger partial charge in [-0.25, -0.2) is 0 Å². The van der Waals surface area contributed by atoms with Crippen molar-refractivity contribution in [3.8, 4) is 0 Å². The smallest absolute Gasteiger partial charge is 0.125 e. The van der Waals surface area contributed by atoms with Gasteiger partial charge < -0.3 is 31.5 Å². The molecule has 2 rings (SSSR count). The maximum atomic E-state index is 10.5. The molecule has 0 aliphatic carbocycles. The largest absolute Gasteiger partial charge is 0.399 e. The van der Waals surface area contributed by atoms with Crippen LogP contribution in [0.2, 0.25) is 0 Å². The second-order valence-electron chi connectivity index (χ2n) is 6.53. The summed E-state index contributed by atoms with van der Waals surface area (Å²) in [5.74, 6) is 0. The van der Waals surface area contributed by atoms with Gasteiger partial charge in [-0.05, 0) is 68.8 Å². The van der Waals surface area contributed by atoms with Crippen LogP contribution in [0.5, 0.6) is 0 Å². The van der Waals surface area contributed by atoms with Gasteiger partial charge in [-0.1, -0.05) is 13.3 Å². The lowest BCUT2D eigenvalue weighted by molar-refractivity contribution is 0.141. The molecular formula is C20H30N4O2. The highest BCUT2D eigenvalue weighted by molar-refractivity contribution is 5.59. The maximum absolute atomic E-state index is 10.5. The van der Waals surface area contributed by atoms with E-state index in [4.69, 9.17) is 11.5 Å². The van der Waals surface area contributed by atoms with Crippen molar-refractivity contribution >= 4 is 22.7 Å². The average molecular weight is 358 g/mol. The lowest BCUT2D eigenvalue weighted by atomic mass is 10.1. The summed E-state index contributed by atoms with van der Waals surface area (Å²) in [4.78, 5) is 3.79. The van der Waals surface area contributed by atoms with Crippen molar-refractivity contribution in [2.24, 2.45) is 0 Å². The Morgan fingerprint density at radius 3 is 1.38 bits per heavy atom. The van der Waals surface area contributed by atoms with Crippen LogP contribution < -0.4 is 21.3 Å². The fourth-order valence-corrected chi connectivity index (χ4v) is 3.24. The SMILES string of the molecule is CCCC(N(c1ccc(N)cc1)C(C)O)N(c1ccc(N)cc1)C(C)O. The summed E-state index contributed by atoms with van der Waals surface area (Å²) in [6.45, 7) is 5.53. The van der Waals surface area contributed by atoms with Crippen molar-refractivity contribution < 1.29 is 10.2 Å². The standard InChI is InChI=1S/C20H30N4O2/c1-4-5-20(23(14(2)25)18-10-6-16(21)7-11-18)24(15(3)26)19-12-8-17(22)9-13-19/h6-15,20,25-26H,4-5,21-22H2,1-3H3. The third kappa shape index (κ3) is 4.59. The molecule has 2 atom stereocenters.